The van der Waals surface area contributed by atoms with Gasteiger partial charge in [-0.05, 0) is 50.3 Å². The molecule has 1 aliphatic rings. The Bertz CT molecular complexity index is 757. The molecule has 1 saturated heterocycles. The number of anilines is 1. The molecule has 1 N–H and O–H groups in total. The number of ether oxygens (including phenoxy) is 1. The van der Waals surface area contributed by atoms with Crippen molar-refractivity contribution in [1.29, 1.82) is 0 Å². The maximum atomic E-state index is 12.4. The molecule has 1 heterocycles. The normalized spacial score (nSPS) is 15.3. The van der Waals surface area contributed by atoms with Gasteiger partial charge in [0.1, 0.15) is 5.75 Å². The maximum absolute atomic E-state index is 12.4. The van der Waals surface area contributed by atoms with Crippen LogP contribution in [-0.4, -0.2) is 80.6 Å². The second-order valence-corrected chi connectivity index (χ2v) is 8.12. The number of benzene rings is 2. The van der Waals surface area contributed by atoms with Crippen LogP contribution in [0.5, 0.6) is 5.75 Å². The fraction of sp³-hybridized carbons (Fsp3) is 0.458. The van der Waals surface area contributed by atoms with Crippen molar-refractivity contribution in [3.05, 3.63) is 60.2 Å². The molecule has 0 atom stereocenters. The molecule has 0 saturated carbocycles. The Labute approximate surface area is 180 Å². The van der Waals surface area contributed by atoms with E-state index in [0.717, 1.165) is 57.1 Å². The number of carbonyl (C=O) groups is 1. The Morgan fingerprint density at radius 1 is 0.967 bits per heavy atom. The first-order valence-corrected chi connectivity index (χ1v) is 10.7. The van der Waals surface area contributed by atoms with Gasteiger partial charge in [0.25, 0.3) is 0 Å². The molecule has 2 aromatic carbocycles. The second kappa shape index (κ2) is 11.7. The van der Waals surface area contributed by atoms with Crippen LogP contribution in [0.2, 0.25) is 0 Å². The molecule has 2 aromatic rings. The van der Waals surface area contributed by atoms with Gasteiger partial charge in [0.05, 0.1) is 13.2 Å². The third-order valence-electron chi connectivity index (χ3n) is 5.24. The van der Waals surface area contributed by atoms with Gasteiger partial charge in [-0.25, -0.2) is 0 Å². The number of piperazine rings is 1. The van der Waals surface area contributed by atoms with Crippen LogP contribution >= 0.6 is 0 Å². The van der Waals surface area contributed by atoms with Crippen molar-refractivity contribution in [1.82, 2.24) is 14.7 Å². The molecule has 0 aromatic heterocycles. The summed E-state index contributed by atoms with van der Waals surface area (Å²) in [5.74, 6) is 0.868. The highest BCUT2D eigenvalue weighted by atomic mass is 16.5. The van der Waals surface area contributed by atoms with Crippen LogP contribution in [0, 0.1) is 0 Å². The van der Waals surface area contributed by atoms with E-state index >= 15 is 0 Å². The summed E-state index contributed by atoms with van der Waals surface area (Å²) in [7, 11) is 4.12. The molecule has 6 nitrogen and oxygen atoms in total. The summed E-state index contributed by atoms with van der Waals surface area (Å²) < 4.78 is 5.74. The van der Waals surface area contributed by atoms with Gasteiger partial charge in [-0.2, -0.15) is 0 Å². The molecular weight excluding hydrogens is 376 g/mol. The van der Waals surface area contributed by atoms with Crippen LogP contribution in [0.15, 0.2) is 54.6 Å². The van der Waals surface area contributed by atoms with Gasteiger partial charge in [-0.1, -0.05) is 30.3 Å². The quantitative estimate of drug-likeness (QED) is 0.611. The summed E-state index contributed by atoms with van der Waals surface area (Å²) in [6.07, 6.45) is 0.990. The number of amides is 1. The molecule has 0 bridgehead atoms. The predicted octanol–water partition coefficient (Wildman–Crippen LogP) is 2.77. The van der Waals surface area contributed by atoms with Gasteiger partial charge in [0.15, 0.2) is 0 Å². The predicted molar refractivity (Wildman–Crippen MR) is 122 cm³/mol. The first-order valence-electron chi connectivity index (χ1n) is 10.7. The summed E-state index contributed by atoms with van der Waals surface area (Å²) >= 11 is 0. The minimum atomic E-state index is 0.0335. The lowest BCUT2D eigenvalue weighted by molar-refractivity contribution is -0.117. The third kappa shape index (κ3) is 7.78. The van der Waals surface area contributed by atoms with Crippen molar-refractivity contribution >= 4 is 11.6 Å². The van der Waals surface area contributed by atoms with E-state index in [4.69, 9.17) is 4.74 Å². The molecule has 30 heavy (non-hydrogen) atoms. The number of nitrogens with one attached hydrogen (secondary N) is 1. The molecule has 1 amide bonds. The van der Waals surface area contributed by atoms with Crippen LogP contribution in [-0.2, 0) is 11.3 Å². The summed E-state index contributed by atoms with van der Waals surface area (Å²) in [6.45, 7) is 6.92. The maximum Gasteiger partial charge on any atom is 0.238 e. The second-order valence-electron chi connectivity index (χ2n) is 8.12. The molecule has 0 radical (unpaired) electrons. The minimum absolute atomic E-state index is 0.0335. The van der Waals surface area contributed by atoms with Crippen molar-refractivity contribution < 1.29 is 9.53 Å². The largest absolute Gasteiger partial charge is 0.494 e. The number of hydrogen-bond acceptors (Lipinski definition) is 5. The lowest BCUT2D eigenvalue weighted by Crippen LogP contribution is -2.48. The average Bonchev–Trinajstić information content (AvgIpc) is 2.74. The monoisotopic (exact) mass is 410 g/mol. The number of hydrogen-bond donors (Lipinski definition) is 1. The van der Waals surface area contributed by atoms with Crippen molar-refractivity contribution in [2.45, 2.75) is 13.0 Å². The Balaban J connectivity index is 1.34. The summed E-state index contributed by atoms with van der Waals surface area (Å²) in [4.78, 5) is 19.2. The molecule has 0 spiro atoms. The Morgan fingerprint density at radius 2 is 1.63 bits per heavy atom. The van der Waals surface area contributed by atoms with E-state index in [9.17, 15) is 4.79 Å². The van der Waals surface area contributed by atoms with Crippen LogP contribution in [0.4, 0.5) is 5.69 Å². The Kier molecular flexibility index (Phi) is 8.68. The Morgan fingerprint density at radius 3 is 2.30 bits per heavy atom. The van der Waals surface area contributed by atoms with Gasteiger partial charge in [-0.15, -0.1) is 0 Å². The number of carbonyl (C=O) groups excluding carboxylic acids is 1. The zero-order chi connectivity index (χ0) is 21.2. The lowest BCUT2D eigenvalue weighted by atomic mass is 10.2. The highest BCUT2D eigenvalue weighted by molar-refractivity contribution is 5.92. The zero-order valence-corrected chi connectivity index (χ0v) is 18.2. The van der Waals surface area contributed by atoms with Crippen molar-refractivity contribution in [3.63, 3.8) is 0 Å². The zero-order valence-electron chi connectivity index (χ0n) is 18.2. The number of nitrogens with zero attached hydrogens (tertiary/aromatic N) is 3. The van der Waals surface area contributed by atoms with Gasteiger partial charge >= 0.3 is 0 Å². The fourth-order valence-corrected chi connectivity index (χ4v) is 3.56. The van der Waals surface area contributed by atoms with Crippen LogP contribution in [0.3, 0.4) is 0 Å². The van der Waals surface area contributed by atoms with E-state index in [0.29, 0.717) is 13.2 Å². The molecule has 0 unspecified atom stereocenters. The molecular formula is C24H34N4O2. The van der Waals surface area contributed by atoms with Gasteiger partial charge in [0.2, 0.25) is 5.91 Å². The first kappa shape index (κ1) is 22.3. The molecule has 6 heteroatoms. The van der Waals surface area contributed by atoms with E-state index in [1.165, 1.54) is 5.56 Å². The van der Waals surface area contributed by atoms with Crippen LogP contribution in [0.25, 0.3) is 0 Å². The number of rotatable bonds is 10. The SMILES string of the molecule is CN(C)CCCOc1ccc(NC(=O)CN2CCN(Cc3ccccc3)CC2)cc1. The standard InChI is InChI=1S/C24H34N4O2/c1-26(2)13-6-18-30-23-11-9-22(10-12-23)25-24(29)20-28-16-14-27(15-17-28)19-21-7-4-3-5-8-21/h3-5,7-12H,6,13-20H2,1-2H3,(H,25,29). The Hall–Kier alpha value is -2.41. The van der Waals surface area contributed by atoms with E-state index in [2.05, 4.69) is 58.4 Å². The van der Waals surface area contributed by atoms with Crippen molar-refractivity contribution in [3.8, 4) is 5.75 Å². The fourth-order valence-electron chi connectivity index (χ4n) is 3.56. The van der Waals surface area contributed by atoms with E-state index in [-0.39, 0.29) is 5.91 Å². The van der Waals surface area contributed by atoms with Crippen LogP contribution < -0.4 is 10.1 Å². The summed E-state index contributed by atoms with van der Waals surface area (Å²) in [6, 6.07) is 18.2. The first-order chi connectivity index (χ1) is 14.6. The minimum Gasteiger partial charge on any atom is -0.494 e. The topological polar surface area (TPSA) is 48.1 Å². The molecule has 3 rings (SSSR count). The summed E-state index contributed by atoms with van der Waals surface area (Å²) in [5.41, 5.74) is 2.15. The van der Waals surface area contributed by atoms with Crippen molar-refractivity contribution in [2.75, 3.05) is 65.3 Å². The smallest absolute Gasteiger partial charge is 0.238 e. The molecule has 162 valence electrons. The third-order valence-corrected chi connectivity index (χ3v) is 5.24. The van der Waals surface area contributed by atoms with Crippen LogP contribution in [0.1, 0.15) is 12.0 Å². The van der Waals surface area contributed by atoms with E-state index < -0.39 is 0 Å². The molecule has 1 fully saturated rings. The van der Waals surface area contributed by atoms with Gasteiger partial charge in [0, 0.05) is 45.0 Å². The van der Waals surface area contributed by atoms with E-state index in [1.54, 1.807) is 0 Å². The summed E-state index contributed by atoms with van der Waals surface area (Å²) in [5, 5.41) is 2.99. The average molecular weight is 411 g/mol. The van der Waals surface area contributed by atoms with Gasteiger partial charge in [-0.3, -0.25) is 14.6 Å². The van der Waals surface area contributed by atoms with Gasteiger partial charge < -0.3 is 15.0 Å². The molecule has 1 aliphatic heterocycles. The highest BCUT2D eigenvalue weighted by Gasteiger charge is 2.19. The molecule has 0 aliphatic carbocycles. The van der Waals surface area contributed by atoms with E-state index in [1.807, 2.05) is 30.3 Å². The highest BCUT2D eigenvalue weighted by Crippen LogP contribution is 2.16. The van der Waals surface area contributed by atoms with Crippen molar-refractivity contribution in [2.24, 2.45) is 0 Å². The lowest BCUT2D eigenvalue weighted by Gasteiger charge is -2.34.